The highest BCUT2D eigenvalue weighted by molar-refractivity contribution is 6.05. The van der Waals surface area contributed by atoms with E-state index >= 15 is 0 Å². The van der Waals surface area contributed by atoms with Crippen LogP contribution in [-0.4, -0.2) is 45.4 Å². The molecule has 5 rings (SSSR count). The molecule has 2 saturated heterocycles. The first-order valence-corrected chi connectivity index (χ1v) is 10.7. The number of nitrogens with one attached hydrogen (secondary N) is 3. The molecule has 2 unspecified atom stereocenters. The Bertz CT molecular complexity index is 1030. The van der Waals surface area contributed by atoms with Crippen molar-refractivity contribution in [2.45, 2.75) is 50.9 Å². The first-order chi connectivity index (χ1) is 15.1. The molecule has 0 saturated carbocycles. The van der Waals surface area contributed by atoms with E-state index in [1.54, 1.807) is 4.90 Å². The van der Waals surface area contributed by atoms with Crippen LogP contribution in [0.5, 0.6) is 0 Å². The fraction of sp³-hybridized carbons (Fsp3) is 0.409. The molecule has 0 spiro atoms. The third-order valence-electron chi connectivity index (χ3n) is 6.17. The number of anilines is 1. The molecule has 160 valence electrons. The van der Waals surface area contributed by atoms with Gasteiger partial charge in [0.1, 0.15) is 11.9 Å². The fourth-order valence-electron chi connectivity index (χ4n) is 4.46. The van der Waals surface area contributed by atoms with Crippen molar-refractivity contribution < 1.29 is 14.4 Å². The van der Waals surface area contributed by atoms with Gasteiger partial charge in [0.05, 0.1) is 11.7 Å². The standard InChI is InChI=1S/C22H24N6O3/c29-20-8-6-18(21(30)25-20)28-12-14-4-3-13(10-15(14)22(28)31)11-24-19-7-5-17(26-27-19)16-2-1-9-23-16/h3-5,7,10,16,18,23H,1-2,6,8-9,11-12H2,(H,24,27)(H,25,29,30). The van der Waals surface area contributed by atoms with Gasteiger partial charge in [-0.1, -0.05) is 12.1 Å². The molecule has 4 heterocycles. The Morgan fingerprint density at radius 3 is 2.74 bits per heavy atom. The predicted molar refractivity (Wildman–Crippen MR) is 112 cm³/mol. The Labute approximate surface area is 179 Å². The van der Waals surface area contributed by atoms with Gasteiger partial charge in [-0.2, -0.15) is 5.10 Å². The highest BCUT2D eigenvalue weighted by Gasteiger charge is 2.39. The van der Waals surface area contributed by atoms with E-state index in [0.717, 1.165) is 36.2 Å². The van der Waals surface area contributed by atoms with Crippen LogP contribution in [0.4, 0.5) is 5.82 Å². The number of carbonyl (C=O) groups excluding carboxylic acids is 3. The second-order valence-corrected chi connectivity index (χ2v) is 8.24. The summed E-state index contributed by atoms with van der Waals surface area (Å²) in [5.74, 6) is -0.165. The first-order valence-electron chi connectivity index (χ1n) is 10.7. The number of piperidine rings is 1. The number of hydrogen-bond donors (Lipinski definition) is 3. The van der Waals surface area contributed by atoms with E-state index in [9.17, 15) is 14.4 Å². The average Bonchev–Trinajstić information content (AvgIpc) is 3.42. The summed E-state index contributed by atoms with van der Waals surface area (Å²) >= 11 is 0. The van der Waals surface area contributed by atoms with E-state index in [1.807, 2.05) is 30.3 Å². The molecule has 0 aliphatic carbocycles. The van der Waals surface area contributed by atoms with Crippen LogP contribution in [0.3, 0.4) is 0 Å². The molecule has 2 aromatic rings. The van der Waals surface area contributed by atoms with Crippen molar-refractivity contribution in [2.75, 3.05) is 11.9 Å². The lowest BCUT2D eigenvalue weighted by Gasteiger charge is -2.29. The fourth-order valence-corrected chi connectivity index (χ4v) is 4.46. The summed E-state index contributed by atoms with van der Waals surface area (Å²) < 4.78 is 0. The molecule has 1 aromatic carbocycles. The van der Waals surface area contributed by atoms with Gasteiger partial charge in [-0.25, -0.2) is 0 Å². The Hall–Kier alpha value is -3.33. The van der Waals surface area contributed by atoms with Gasteiger partial charge in [-0.05, 0) is 55.1 Å². The maximum atomic E-state index is 12.9. The zero-order chi connectivity index (χ0) is 21.4. The van der Waals surface area contributed by atoms with Crippen LogP contribution in [-0.2, 0) is 22.7 Å². The molecule has 1 aromatic heterocycles. The summed E-state index contributed by atoms with van der Waals surface area (Å²) in [6.07, 6.45) is 2.86. The maximum absolute atomic E-state index is 12.9. The number of rotatable bonds is 5. The quantitative estimate of drug-likeness (QED) is 0.624. The minimum atomic E-state index is -0.595. The van der Waals surface area contributed by atoms with E-state index in [-0.39, 0.29) is 24.3 Å². The van der Waals surface area contributed by atoms with Gasteiger partial charge in [-0.15, -0.1) is 5.10 Å². The molecule has 9 heteroatoms. The lowest BCUT2D eigenvalue weighted by molar-refractivity contribution is -0.136. The summed E-state index contributed by atoms with van der Waals surface area (Å²) in [5, 5.41) is 17.6. The third-order valence-corrected chi connectivity index (χ3v) is 6.17. The number of hydrogen-bond acceptors (Lipinski definition) is 7. The molecule has 3 aliphatic heterocycles. The zero-order valence-electron chi connectivity index (χ0n) is 17.1. The minimum absolute atomic E-state index is 0.167. The number of imide groups is 1. The lowest BCUT2D eigenvalue weighted by atomic mass is 10.0. The summed E-state index contributed by atoms with van der Waals surface area (Å²) in [7, 11) is 0. The number of amides is 3. The number of aromatic nitrogens is 2. The van der Waals surface area contributed by atoms with Crippen molar-refractivity contribution in [1.29, 1.82) is 0 Å². The highest BCUT2D eigenvalue weighted by Crippen LogP contribution is 2.28. The molecular formula is C22H24N6O3. The van der Waals surface area contributed by atoms with Gasteiger partial charge < -0.3 is 15.5 Å². The van der Waals surface area contributed by atoms with Gasteiger partial charge in [0.15, 0.2) is 0 Å². The van der Waals surface area contributed by atoms with E-state index in [2.05, 4.69) is 26.1 Å². The van der Waals surface area contributed by atoms with E-state index in [1.165, 1.54) is 0 Å². The Morgan fingerprint density at radius 1 is 1.10 bits per heavy atom. The number of fused-ring (bicyclic) bond motifs is 1. The van der Waals surface area contributed by atoms with Gasteiger partial charge in [0.2, 0.25) is 11.8 Å². The summed E-state index contributed by atoms with van der Waals surface area (Å²) in [6, 6.07) is 9.36. The van der Waals surface area contributed by atoms with E-state index < -0.39 is 11.9 Å². The molecule has 2 atom stereocenters. The van der Waals surface area contributed by atoms with E-state index in [4.69, 9.17) is 0 Å². The van der Waals surface area contributed by atoms with Gasteiger partial charge in [0.25, 0.3) is 5.91 Å². The maximum Gasteiger partial charge on any atom is 0.255 e. The van der Waals surface area contributed by atoms with Crippen LogP contribution in [0, 0.1) is 0 Å². The van der Waals surface area contributed by atoms with Crippen LogP contribution in [0.1, 0.15) is 58.9 Å². The second-order valence-electron chi connectivity index (χ2n) is 8.24. The number of nitrogens with zero attached hydrogens (tertiary/aromatic N) is 3. The normalized spacial score (nSPS) is 23.1. The average molecular weight is 420 g/mol. The van der Waals surface area contributed by atoms with Crippen LogP contribution < -0.4 is 16.0 Å². The molecule has 0 radical (unpaired) electrons. The topological polar surface area (TPSA) is 116 Å². The Balaban J connectivity index is 1.23. The van der Waals surface area contributed by atoms with Crippen molar-refractivity contribution in [3.8, 4) is 0 Å². The van der Waals surface area contributed by atoms with Crippen molar-refractivity contribution in [1.82, 2.24) is 25.7 Å². The minimum Gasteiger partial charge on any atom is -0.365 e. The largest absolute Gasteiger partial charge is 0.365 e. The second kappa shape index (κ2) is 8.07. The third kappa shape index (κ3) is 3.88. The molecule has 3 amide bonds. The highest BCUT2D eigenvalue weighted by atomic mass is 16.2. The molecule has 31 heavy (non-hydrogen) atoms. The van der Waals surface area contributed by atoms with E-state index in [0.29, 0.717) is 30.9 Å². The van der Waals surface area contributed by atoms with Crippen molar-refractivity contribution in [3.05, 3.63) is 52.7 Å². The van der Waals surface area contributed by atoms with Crippen LogP contribution in [0.2, 0.25) is 0 Å². The Kier molecular flexibility index (Phi) is 5.11. The molecule has 3 N–H and O–H groups in total. The zero-order valence-corrected chi connectivity index (χ0v) is 17.1. The van der Waals surface area contributed by atoms with Gasteiger partial charge in [-0.3, -0.25) is 19.7 Å². The Morgan fingerprint density at radius 2 is 2.00 bits per heavy atom. The molecule has 3 aliphatic rings. The molecule has 9 nitrogen and oxygen atoms in total. The van der Waals surface area contributed by atoms with Crippen molar-refractivity contribution in [2.24, 2.45) is 0 Å². The molecular weight excluding hydrogens is 396 g/mol. The van der Waals surface area contributed by atoms with Crippen LogP contribution >= 0.6 is 0 Å². The SMILES string of the molecule is O=C1CCC(N2Cc3ccc(CNc4ccc(C5CCCN5)nn4)cc3C2=O)C(=O)N1. The lowest BCUT2D eigenvalue weighted by Crippen LogP contribution is -2.52. The summed E-state index contributed by atoms with van der Waals surface area (Å²) in [6.45, 7) is 1.91. The van der Waals surface area contributed by atoms with Crippen molar-refractivity contribution in [3.63, 3.8) is 0 Å². The van der Waals surface area contributed by atoms with Gasteiger partial charge >= 0.3 is 0 Å². The van der Waals surface area contributed by atoms with Crippen LogP contribution in [0.15, 0.2) is 30.3 Å². The predicted octanol–water partition coefficient (Wildman–Crippen LogP) is 1.27. The van der Waals surface area contributed by atoms with Gasteiger partial charge in [0, 0.05) is 25.1 Å². The summed E-state index contributed by atoms with van der Waals surface area (Å²) in [5.41, 5.74) is 3.41. The van der Waals surface area contributed by atoms with Crippen LogP contribution in [0.25, 0.3) is 0 Å². The smallest absolute Gasteiger partial charge is 0.255 e. The summed E-state index contributed by atoms with van der Waals surface area (Å²) in [4.78, 5) is 38.1. The molecule has 0 bridgehead atoms. The van der Waals surface area contributed by atoms with Crippen molar-refractivity contribution >= 4 is 23.5 Å². The monoisotopic (exact) mass is 420 g/mol. The first kappa shape index (κ1) is 19.6. The number of carbonyl (C=O) groups is 3. The molecule has 2 fully saturated rings. The number of benzene rings is 1.